The normalized spacial score (nSPS) is 11.8. The van der Waals surface area contributed by atoms with Crippen LogP contribution in [-0.4, -0.2) is 24.6 Å². The minimum absolute atomic E-state index is 0. The summed E-state index contributed by atoms with van der Waals surface area (Å²) in [6, 6.07) is 56.9. The average molecular weight is 1050 g/mol. The molecule has 0 saturated carbocycles. The zero-order chi connectivity index (χ0) is 45.9. The molecule has 0 aliphatic rings. The second-order valence-corrected chi connectivity index (χ2v) is 19.6. The van der Waals surface area contributed by atoms with Gasteiger partial charge >= 0.3 is 0 Å². The van der Waals surface area contributed by atoms with Crippen LogP contribution in [0.25, 0.3) is 94.6 Å². The summed E-state index contributed by atoms with van der Waals surface area (Å²) in [4.78, 5) is 14.6. The number of hydrogen-bond acceptors (Lipinski definition) is 4. The van der Waals surface area contributed by atoms with Crippen LogP contribution in [0.2, 0.25) is 0 Å². The third-order valence-corrected chi connectivity index (χ3v) is 12.9. The second-order valence-electron chi connectivity index (χ2n) is 19.6. The van der Waals surface area contributed by atoms with Gasteiger partial charge in [0, 0.05) is 84.2 Å². The van der Waals surface area contributed by atoms with Gasteiger partial charge in [-0.05, 0) is 118 Å². The van der Waals surface area contributed by atoms with Crippen molar-refractivity contribution in [3.8, 4) is 78.6 Å². The molecule has 6 heteroatoms. The minimum Gasteiger partial charge on any atom is -0.507 e. The number of fused-ring (bicyclic) bond motifs is 3. The monoisotopic (exact) mass is 1050 g/mol. The van der Waals surface area contributed by atoms with Crippen LogP contribution in [0.15, 0.2) is 170 Å². The number of aromatic nitrogens is 4. The first-order valence-corrected chi connectivity index (χ1v) is 22.7. The van der Waals surface area contributed by atoms with Gasteiger partial charge in [-0.2, -0.15) is 0 Å². The molecule has 0 amide bonds. The van der Waals surface area contributed by atoms with E-state index < -0.39 is 0 Å². The summed E-state index contributed by atoms with van der Waals surface area (Å²) in [6.07, 6.45) is 5.66. The maximum atomic E-state index is 11.1. The predicted molar refractivity (Wildman–Crippen MR) is 274 cm³/mol. The van der Waals surface area contributed by atoms with E-state index in [1.807, 2.05) is 42.9 Å². The van der Waals surface area contributed by atoms with Gasteiger partial charge in [-0.15, -0.1) is 24.3 Å². The van der Waals surface area contributed by atoms with E-state index in [0.29, 0.717) is 11.3 Å². The molecule has 0 aliphatic heterocycles. The number of hydrogen-bond donors (Lipinski definition) is 1. The molecule has 0 radical (unpaired) electrons. The van der Waals surface area contributed by atoms with E-state index in [1.165, 1.54) is 38.6 Å². The third-order valence-electron chi connectivity index (χ3n) is 12.9. The molecule has 0 aliphatic carbocycles. The van der Waals surface area contributed by atoms with Gasteiger partial charge in [-0.25, -0.2) is 0 Å². The molecule has 0 unspecified atom stereocenters. The third kappa shape index (κ3) is 8.65. The Morgan fingerprint density at radius 1 is 0.507 bits per heavy atom. The van der Waals surface area contributed by atoms with Crippen LogP contribution in [-0.2, 0) is 31.9 Å². The minimum atomic E-state index is -0.0532. The van der Waals surface area contributed by atoms with Crippen LogP contribution in [0.5, 0.6) is 5.75 Å². The quantitative estimate of drug-likeness (QED) is 0.162. The molecule has 0 bridgehead atoms. The summed E-state index contributed by atoms with van der Waals surface area (Å²) >= 11 is 0. The topological polar surface area (TPSA) is 63.8 Å². The van der Waals surface area contributed by atoms with Crippen molar-refractivity contribution >= 4 is 21.8 Å². The Hall–Kier alpha value is -6.94. The maximum absolute atomic E-state index is 11.1. The van der Waals surface area contributed by atoms with E-state index in [9.17, 15) is 5.11 Å². The zero-order valence-electron chi connectivity index (χ0n) is 39.2. The first-order valence-electron chi connectivity index (χ1n) is 22.7. The number of aromatic hydroxyl groups is 1. The standard InChI is InChI=1S/C61H53N4O.Pt/c1-38-29-57(39(2)28-52(38)43-18-15-26-62-37-43)65-56-23-11-9-19-49(56)50-22-14-21-48(59(50)65)40-25-27-63-53(33-40)41-16-13-17-42(30-41)54-34-45(35-55(64-54)51-20-10-12-24-58(51)66)44-31-46(60(3,4)5)36-47(32-44)61(6,7)8;/h9-29,31-37,66H,1-8H3;/q-1;. The largest absolute Gasteiger partial charge is 0.507 e. The summed E-state index contributed by atoms with van der Waals surface area (Å²) in [6.45, 7) is 18.0. The van der Waals surface area contributed by atoms with Crippen molar-refractivity contribution < 1.29 is 26.2 Å². The van der Waals surface area contributed by atoms with Gasteiger partial charge in [-0.3, -0.25) is 15.0 Å². The van der Waals surface area contributed by atoms with E-state index in [0.717, 1.165) is 67.1 Å². The van der Waals surface area contributed by atoms with Crippen LogP contribution < -0.4 is 0 Å². The Labute approximate surface area is 408 Å². The Balaban J connectivity index is 0.00000562. The van der Waals surface area contributed by atoms with E-state index in [1.54, 1.807) is 6.07 Å². The fraction of sp³-hybridized carbons (Fsp3) is 0.164. The fourth-order valence-corrected chi connectivity index (χ4v) is 9.21. The van der Waals surface area contributed by atoms with Gasteiger partial charge in [-0.1, -0.05) is 138 Å². The molecule has 67 heavy (non-hydrogen) atoms. The molecular formula is C61H53N4OPt-. The number of aryl methyl sites for hydroxylation is 2. The van der Waals surface area contributed by atoms with Crippen molar-refractivity contribution in [3.05, 3.63) is 199 Å². The van der Waals surface area contributed by atoms with Gasteiger partial charge in [0.1, 0.15) is 5.75 Å². The molecule has 0 atom stereocenters. The Morgan fingerprint density at radius 3 is 1.88 bits per heavy atom. The number of rotatable bonds is 7. The predicted octanol–water partition coefficient (Wildman–Crippen LogP) is 15.7. The Bertz CT molecular complexity index is 3450. The van der Waals surface area contributed by atoms with Crippen LogP contribution in [0.1, 0.15) is 63.8 Å². The van der Waals surface area contributed by atoms with E-state index in [-0.39, 0.29) is 37.6 Å². The Kier molecular flexibility index (Phi) is 11.9. The summed E-state index contributed by atoms with van der Waals surface area (Å²) in [5, 5.41) is 13.5. The first kappa shape index (κ1) is 45.2. The number of nitrogens with zero attached hydrogens (tertiary/aromatic N) is 4. The van der Waals surface area contributed by atoms with Gasteiger partial charge in [0.05, 0.1) is 16.7 Å². The van der Waals surface area contributed by atoms with Gasteiger partial charge in [0.25, 0.3) is 0 Å². The molecule has 10 rings (SSSR count). The van der Waals surface area contributed by atoms with E-state index in [4.69, 9.17) is 9.97 Å². The van der Waals surface area contributed by atoms with Gasteiger partial charge in [0.15, 0.2) is 0 Å². The average Bonchev–Trinajstić information content (AvgIpc) is 3.66. The van der Waals surface area contributed by atoms with Gasteiger partial charge in [0.2, 0.25) is 0 Å². The van der Waals surface area contributed by atoms with Crippen molar-refractivity contribution in [3.63, 3.8) is 0 Å². The van der Waals surface area contributed by atoms with Crippen LogP contribution in [0.4, 0.5) is 0 Å². The van der Waals surface area contributed by atoms with Crippen molar-refractivity contribution in [2.24, 2.45) is 0 Å². The molecule has 10 aromatic rings. The van der Waals surface area contributed by atoms with Crippen LogP contribution in [0.3, 0.4) is 0 Å². The maximum Gasteiger partial charge on any atom is 0.124 e. The molecule has 1 N–H and O–H groups in total. The first-order chi connectivity index (χ1) is 31.7. The molecule has 6 aromatic carbocycles. The SMILES string of the molecule is Cc1cc(-n2c3ccccc3c3cccc(-c4ccnc(-c5[c-]c(-c6cc(-c7cc(C(C)(C)C)cc(C(C)(C)C)c7)cc(-c7ccccc7O)n6)ccc5)c4)c32)c(C)cc1-c1cccnc1.[Pt]. The molecule has 4 aromatic heterocycles. The molecule has 5 nitrogen and oxygen atoms in total. The summed E-state index contributed by atoms with van der Waals surface area (Å²) in [5.74, 6) is 0.187. The smallest absolute Gasteiger partial charge is 0.124 e. The van der Waals surface area contributed by atoms with Crippen LogP contribution >= 0.6 is 0 Å². The van der Waals surface area contributed by atoms with Crippen molar-refractivity contribution in [1.29, 1.82) is 0 Å². The molecular weight excluding hydrogens is 1000 g/mol. The number of benzene rings is 6. The summed E-state index contributed by atoms with van der Waals surface area (Å²) in [7, 11) is 0. The van der Waals surface area contributed by atoms with Crippen molar-refractivity contribution in [1.82, 2.24) is 19.5 Å². The molecule has 0 saturated heterocycles. The molecule has 334 valence electrons. The zero-order valence-corrected chi connectivity index (χ0v) is 41.5. The fourth-order valence-electron chi connectivity index (χ4n) is 9.21. The Morgan fingerprint density at radius 2 is 1.15 bits per heavy atom. The van der Waals surface area contributed by atoms with Crippen molar-refractivity contribution in [2.45, 2.75) is 66.2 Å². The summed E-state index contributed by atoms with van der Waals surface area (Å²) in [5.41, 5.74) is 19.5. The van der Waals surface area contributed by atoms with Crippen LogP contribution in [0, 0.1) is 19.9 Å². The van der Waals surface area contributed by atoms with Crippen molar-refractivity contribution in [2.75, 3.05) is 0 Å². The molecule has 0 fully saturated rings. The number of para-hydroxylation sites is 3. The van der Waals surface area contributed by atoms with E-state index >= 15 is 0 Å². The number of pyridine rings is 3. The van der Waals surface area contributed by atoms with E-state index in [2.05, 4.69) is 192 Å². The molecule has 0 spiro atoms. The second kappa shape index (κ2) is 17.7. The number of phenolic OH excluding ortho intramolecular Hbond substituents is 1. The summed E-state index contributed by atoms with van der Waals surface area (Å²) < 4.78 is 2.44. The number of phenols is 1. The molecule has 4 heterocycles. The van der Waals surface area contributed by atoms with Gasteiger partial charge < -0.3 is 9.67 Å².